The minimum atomic E-state index is -0.623. The van der Waals surface area contributed by atoms with Gasteiger partial charge in [-0.05, 0) is 30.9 Å². The molecule has 2 rings (SSSR count). The minimum Gasteiger partial charge on any atom is -0.493 e. The molecule has 0 amide bonds. The van der Waals surface area contributed by atoms with Gasteiger partial charge in [0.2, 0.25) is 5.43 Å². The van der Waals surface area contributed by atoms with Gasteiger partial charge in [-0.3, -0.25) is 4.79 Å². The third-order valence-corrected chi connectivity index (χ3v) is 5.02. The van der Waals surface area contributed by atoms with Crippen LogP contribution in [0.3, 0.4) is 0 Å². The molecule has 1 aromatic carbocycles. The van der Waals surface area contributed by atoms with Gasteiger partial charge in [-0.25, -0.2) is 4.79 Å². The molecule has 0 spiro atoms. The molecule has 2 aromatic rings. The Hall–Kier alpha value is -2.30. The van der Waals surface area contributed by atoms with E-state index in [0.717, 1.165) is 37.0 Å². The van der Waals surface area contributed by atoms with Crippen LogP contribution in [-0.2, 0) is 11.2 Å². The van der Waals surface area contributed by atoms with E-state index in [1.54, 1.807) is 0 Å². The van der Waals surface area contributed by atoms with Crippen LogP contribution in [-0.4, -0.2) is 24.7 Å². The summed E-state index contributed by atoms with van der Waals surface area (Å²) in [7, 11) is 1.28. The van der Waals surface area contributed by atoms with Crippen LogP contribution >= 0.6 is 0 Å². The van der Waals surface area contributed by atoms with Gasteiger partial charge in [0, 0.05) is 17.6 Å². The number of carbonyl (C=O) groups is 1. The molecule has 0 saturated carbocycles. The summed E-state index contributed by atoms with van der Waals surface area (Å²) < 4.78 is 10.8. The number of H-pyrrole nitrogens is 1. The summed E-state index contributed by atoms with van der Waals surface area (Å²) in [5.41, 5.74) is 1.42. The molecule has 0 bridgehead atoms. The molecule has 0 aliphatic carbocycles. The number of ether oxygens (including phenoxy) is 2. The van der Waals surface area contributed by atoms with Gasteiger partial charge in [0.1, 0.15) is 11.3 Å². The van der Waals surface area contributed by atoms with E-state index in [1.807, 2.05) is 12.1 Å². The number of benzene rings is 1. The molecule has 0 fully saturated rings. The van der Waals surface area contributed by atoms with Gasteiger partial charge < -0.3 is 14.5 Å². The Morgan fingerprint density at radius 2 is 1.71 bits per heavy atom. The monoisotopic (exact) mass is 387 g/mol. The predicted molar refractivity (Wildman–Crippen MR) is 113 cm³/mol. The maximum absolute atomic E-state index is 12.7. The van der Waals surface area contributed by atoms with Crippen molar-refractivity contribution in [1.29, 1.82) is 0 Å². The summed E-state index contributed by atoms with van der Waals surface area (Å²) >= 11 is 0. The first-order valence-electron chi connectivity index (χ1n) is 10.5. The maximum atomic E-state index is 12.7. The number of hydrogen-bond acceptors (Lipinski definition) is 4. The van der Waals surface area contributed by atoms with Gasteiger partial charge in [0.15, 0.2) is 0 Å². The molecular formula is C23H33NO4. The Balaban J connectivity index is 2.19. The van der Waals surface area contributed by atoms with Crippen LogP contribution in [0.2, 0.25) is 0 Å². The molecule has 1 heterocycles. The average molecular weight is 388 g/mol. The summed E-state index contributed by atoms with van der Waals surface area (Å²) in [5, 5.41) is 0.501. The number of unbranched alkanes of at least 4 members (excludes halogenated alkanes) is 6. The van der Waals surface area contributed by atoms with Gasteiger partial charge in [0.05, 0.1) is 19.2 Å². The summed E-state index contributed by atoms with van der Waals surface area (Å²) in [6.07, 6.45) is 11.7. The molecule has 0 aliphatic heterocycles. The zero-order chi connectivity index (χ0) is 20.4. The van der Waals surface area contributed by atoms with E-state index >= 15 is 0 Å². The quantitative estimate of drug-likeness (QED) is 0.391. The van der Waals surface area contributed by atoms with Crippen molar-refractivity contribution in [3.63, 3.8) is 0 Å². The molecular weight excluding hydrogens is 354 g/mol. The fraction of sp³-hybridized carbons (Fsp3) is 0.565. The molecule has 5 heteroatoms. The number of pyridine rings is 1. The number of fused-ring (bicyclic) bond motifs is 1. The highest BCUT2D eigenvalue weighted by atomic mass is 16.5. The second-order valence-corrected chi connectivity index (χ2v) is 7.25. The fourth-order valence-electron chi connectivity index (χ4n) is 3.32. The van der Waals surface area contributed by atoms with Gasteiger partial charge in [-0.1, -0.05) is 52.4 Å². The average Bonchev–Trinajstić information content (AvgIpc) is 2.71. The maximum Gasteiger partial charge on any atom is 0.343 e. The largest absolute Gasteiger partial charge is 0.493 e. The lowest BCUT2D eigenvalue weighted by Crippen LogP contribution is -2.17. The van der Waals surface area contributed by atoms with E-state index in [9.17, 15) is 9.59 Å². The first-order chi connectivity index (χ1) is 13.6. The summed E-state index contributed by atoms with van der Waals surface area (Å²) in [5.74, 6) is 0.206. The Morgan fingerprint density at radius 1 is 1.00 bits per heavy atom. The highest BCUT2D eigenvalue weighted by Crippen LogP contribution is 2.26. The number of carbonyl (C=O) groups excluding carboxylic acids is 1. The second kappa shape index (κ2) is 11.5. The Labute approximate surface area is 167 Å². The van der Waals surface area contributed by atoms with E-state index in [4.69, 9.17) is 9.47 Å². The molecule has 0 saturated heterocycles. The van der Waals surface area contributed by atoms with E-state index in [0.29, 0.717) is 17.5 Å². The Morgan fingerprint density at radius 3 is 2.43 bits per heavy atom. The first-order valence-corrected chi connectivity index (χ1v) is 10.5. The van der Waals surface area contributed by atoms with Crippen LogP contribution in [0.15, 0.2) is 23.1 Å². The lowest BCUT2D eigenvalue weighted by Gasteiger charge is -2.13. The minimum absolute atomic E-state index is 0.0252. The van der Waals surface area contributed by atoms with Crippen molar-refractivity contribution in [1.82, 2.24) is 4.98 Å². The topological polar surface area (TPSA) is 68.4 Å². The Kier molecular flexibility index (Phi) is 9.05. The van der Waals surface area contributed by atoms with Crippen LogP contribution in [0, 0.1) is 0 Å². The van der Waals surface area contributed by atoms with Crippen LogP contribution < -0.4 is 10.2 Å². The molecule has 28 heavy (non-hydrogen) atoms. The smallest absolute Gasteiger partial charge is 0.343 e. The third-order valence-electron chi connectivity index (χ3n) is 5.02. The zero-order valence-corrected chi connectivity index (χ0v) is 17.4. The third kappa shape index (κ3) is 5.85. The number of aromatic nitrogens is 1. The fourth-order valence-corrected chi connectivity index (χ4v) is 3.32. The number of methoxy groups -OCH3 is 1. The molecule has 0 radical (unpaired) electrons. The molecule has 1 aromatic heterocycles. The van der Waals surface area contributed by atoms with E-state index in [2.05, 4.69) is 18.8 Å². The van der Waals surface area contributed by atoms with Crippen molar-refractivity contribution in [2.75, 3.05) is 13.7 Å². The predicted octanol–water partition coefficient (Wildman–Crippen LogP) is 5.40. The molecule has 0 unspecified atom stereocenters. The van der Waals surface area contributed by atoms with Gasteiger partial charge in [-0.2, -0.15) is 0 Å². The SMILES string of the molecule is CCCCCCCCOc1cc2[nH]cc(C(=O)OC)c(=O)c2cc1CCCC. The number of aryl methyl sites for hydroxylation is 1. The van der Waals surface area contributed by atoms with Crippen molar-refractivity contribution < 1.29 is 14.3 Å². The lowest BCUT2D eigenvalue weighted by atomic mass is 10.0. The number of hydrogen-bond donors (Lipinski definition) is 1. The van der Waals surface area contributed by atoms with Crippen molar-refractivity contribution >= 4 is 16.9 Å². The van der Waals surface area contributed by atoms with Gasteiger partial charge in [-0.15, -0.1) is 0 Å². The van der Waals surface area contributed by atoms with Crippen LogP contribution in [0.4, 0.5) is 0 Å². The highest BCUT2D eigenvalue weighted by molar-refractivity contribution is 5.93. The molecule has 0 aliphatic rings. The summed E-state index contributed by atoms with van der Waals surface area (Å²) in [6.45, 7) is 5.04. The molecule has 1 N–H and O–H groups in total. The summed E-state index contributed by atoms with van der Waals surface area (Å²) in [4.78, 5) is 27.5. The van der Waals surface area contributed by atoms with E-state index < -0.39 is 5.97 Å². The van der Waals surface area contributed by atoms with Gasteiger partial charge in [0.25, 0.3) is 0 Å². The number of aromatic amines is 1. The number of rotatable bonds is 12. The van der Waals surface area contributed by atoms with Crippen molar-refractivity contribution in [2.45, 2.75) is 71.6 Å². The lowest BCUT2D eigenvalue weighted by molar-refractivity contribution is 0.0599. The second-order valence-electron chi connectivity index (χ2n) is 7.25. The normalized spacial score (nSPS) is 11.0. The van der Waals surface area contributed by atoms with Crippen LogP contribution in [0.25, 0.3) is 10.9 Å². The summed E-state index contributed by atoms with van der Waals surface area (Å²) in [6, 6.07) is 3.76. The standard InChI is InChI=1S/C23H33NO4/c1-4-6-8-9-10-11-13-28-21-15-20-18(14-17(21)12-7-5-2)22(25)19(16-24-20)23(26)27-3/h14-16H,4-13H2,1-3H3,(H,24,25). The van der Waals surface area contributed by atoms with Crippen LogP contribution in [0.5, 0.6) is 5.75 Å². The molecule has 5 nitrogen and oxygen atoms in total. The highest BCUT2D eigenvalue weighted by Gasteiger charge is 2.15. The first kappa shape index (κ1) is 22.0. The Bertz CT molecular complexity index is 825. The van der Waals surface area contributed by atoms with Gasteiger partial charge >= 0.3 is 5.97 Å². The van der Waals surface area contributed by atoms with Crippen molar-refractivity contribution in [3.05, 3.63) is 39.7 Å². The molecule has 154 valence electrons. The zero-order valence-electron chi connectivity index (χ0n) is 17.4. The van der Waals surface area contributed by atoms with Crippen molar-refractivity contribution in [3.8, 4) is 5.75 Å². The number of esters is 1. The van der Waals surface area contributed by atoms with Crippen LogP contribution in [0.1, 0.15) is 81.1 Å². The van der Waals surface area contributed by atoms with E-state index in [-0.39, 0.29) is 11.0 Å². The van der Waals surface area contributed by atoms with E-state index in [1.165, 1.54) is 45.4 Å². The number of nitrogens with one attached hydrogen (secondary N) is 1. The molecule has 0 atom stereocenters. The van der Waals surface area contributed by atoms with Crippen molar-refractivity contribution in [2.24, 2.45) is 0 Å².